The van der Waals surface area contributed by atoms with Gasteiger partial charge in [-0.05, 0) is 0 Å². The van der Waals surface area contributed by atoms with Crippen molar-refractivity contribution in [2.45, 2.75) is 13.8 Å². The first kappa shape index (κ1) is 22.5. The van der Waals surface area contributed by atoms with Crippen molar-refractivity contribution in [3.8, 4) is 0 Å². The van der Waals surface area contributed by atoms with Crippen molar-refractivity contribution in [2.24, 2.45) is 0 Å². The maximum Gasteiger partial charge on any atom is 4.00 e. The van der Waals surface area contributed by atoms with Crippen molar-refractivity contribution < 1.29 is 21.7 Å². The van der Waals surface area contributed by atoms with E-state index < -0.39 is 0 Å². The monoisotopic (exact) mass is 186 g/mol. The van der Waals surface area contributed by atoms with Gasteiger partial charge < -0.3 is 22.3 Å². The Morgan fingerprint density at radius 3 is 1.73 bits per heavy atom. The minimum Gasteiger partial charge on any atom is -0.358 e. The zero-order valence-electron chi connectivity index (χ0n) is 8.23. The van der Waals surface area contributed by atoms with E-state index in [0.717, 1.165) is 0 Å². The maximum atomic E-state index is 2.17. The van der Waals surface area contributed by atoms with Crippen LogP contribution in [0.1, 0.15) is 11.1 Å². The molecule has 11 heavy (non-hydrogen) atoms. The van der Waals surface area contributed by atoms with Crippen LogP contribution in [0.4, 0.5) is 0 Å². The van der Waals surface area contributed by atoms with E-state index in [0.29, 0.717) is 0 Å². The van der Waals surface area contributed by atoms with Crippen molar-refractivity contribution in [3.63, 3.8) is 0 Å². The molecule has 0 aliphatic carbocycles. The molecule has 0 heterocycles. The van der Waals surface area contributed by atoms with Gasteiger partial charge in [-0.1, -0.05) is 13.8 Å². The Hall–Kier alpha value is 0.0643. The summed E-state index contributed by atoms with van der Waals surface area (Å²) in [6.07, 6.45) is 0. The second-order valence-corrected chi connectivity index (χ2v) is 1.97. The Kier molecular flexibility index (Phi) is 20.5. The summed E-state index contributed by atoms with van der Waals surface area (Å²) >= 11 is 0. The molecule has 0 amide bonds. The van der Waals surface area contributed by atoms with Gasteiger partial charge in [0.2, 0.25) is 0 Å². The van der Waals surface area contributed by atoms with Crippen molar-refractivity contribution in [3.05, 3.63) is 51.6 Å². The van der Waals surface area contributed by atoms with Crippen LogP contribution in [0.2, 0.25) is 0 Å². The average Bonchev–Trinajstić information content (AvgIpc) is 1.87. The van der Waals surface area contributed by atoms with Gasteiger partial charge in [0.15, 0.2) is 0 Å². The molecule has 62 valence electrons. The van der Waals surface area contributed by atoms with E-state index in [2.05, 4.69) is 32.0 Å². The fraction of sp³-hybridized carbons (Fsp3) is 0.200. The van der Waals surface area contributed by atoms with Gasteiger partial charge in [-0.3, -0.25) is 0 Å². The number of hydrogen-bond acceptors (Lipinski definition) is 0. The Morgan fingerprint density at radius 1 is 1.18 bits per heavy atom. The van der Waals surface area contributed by atoms with Crippen LogP contribution < -0.4 is 0 Å². The number of hydrogen-bond donors (Lipinski definition) is 0. The summed E-state index contributed by atoms with van der Waals surface area (Å²) < 4.78 is 0. The standard InChI is InChI=1S/C7H9.3CH3.Ti/c1-6-3-4-7(2)5-6;;;;/h3-5H,1-2H3;3*1H3;/q4*-1;+4. The van der Waals surface area contributed by atoms with Crippen LogP contribution in [0.25, 0.3) is 0 Å². The van der Waals surface area contributed by atoms with E-state index in [1.54, 1.807) is 0 Å². The third-order valence-corrected chi connectivity index (χ3v) is 1.06. The van der Waals surface area contributed by atoms with E-state index in [1.807, 2.05) is 0 Å². The van der Waals surface area contributed by atoms with Crippen LogP contribution in [-0.2, 0) is 21.7 Å². The minimum atomic E-state index is 0. The molecule has 1 heteroatoms. The van der Waals surface area contributed by atoms with E-state index in [4.69, 9.17) is 0 Å². The second kappa shape index (κ2) is 10.1. The summed E-state index contributed by atoms with van der Waals surface area (Å²) in [5.74, 6) is 0. The maximum absolute atomic E-state index is 2.17. The Labute approximate surface area is 87.3 Å². The predicted molar refractivity (Wildman–Crippen MR) is 50.8 cm³/mol. The molecule has 1 aromatic rings. The molecule has 0 fully saturated rings. The van der Waals surface area contributed by atoms with Gasteiger partial charge in [-0.15, -0.1) is 0 Å². The molecule has 0 unspecified atom stereocenters. The van der Waals surface area contributed by atoms with Crippen molar-refractivity contribution in [1.82, 2.24) is 0 Å². The summed E-state index contributed by atoms with van der Waals surface area (Å²) in [4.78, 5) is 0. The zero-order valence-corrected chi connectivity index (χ0v) is 9.79. The first-order chi connectivity index (χ1) is 3.29. The molecule has 0 radical (unpaired) electrons. The molecule has 0 spiro atoms. The molecule has 0 nitrogen and oxygen atoms in total. The van der Waals surface area contributed by atoms with Crippen LogP contribution in [0, 0.1) is 36.1 Å². The Morgan fingerprint density at radius 2 is 1.64 bits per heavy atom. The van der Waals surface area contributed by atoms with Crippen LogP contribution in [0.15, 0.2) is 18.2 Å². The van der Waals surface area contributed by atoms with Gasteiger partial charge in [-0.25, -0.2) is 11.6 Å². The van der Waals surface area contributed by atoms with Gasteiger partial charge in [0.25, 0.3) is 0 Å². The minimum absolute atomic E-state index is 0. The zero-order chi connectivity index (χ0) is 5.28. The molecule has 0 aliphatic heterocycles. The average molecular weight is 186 g/mol. The molecule has 1 aromatic carbocycles. The summed E-state index contributed by atoms with van der Waals surface area (Å²) in [6.45, 7) is 4.21. The SMILES string of the molecule is Cc1cc[c-](C)c1.[CH3-].[CH3-].[CH3-].[Ti+4]. The molecular weight excluding hydrogens is 168 g/mol. The number of aryl methyl sites for hydroxylation is 2. The molecule has 1 rings (SSSR count). The molecular formula is C10H18Ti. The summed E-state index contributed by atoms with van der Waals surface area (Å²) in [5.41, 5.74) is 2.72. The molecule has 0 bridgehead atoms. The van der Waals surface area contributed by atoms with Crippen molar-refractivity contribution in [1.29, 1.82) is 0 Å². The Balaban J connectivity index is -0.0000000612. The van der Waals surface area contributed by atoms with Gasteiger partial charge in [0.05, 0.1) is 0 Å². The van der Waals surface area contributed by atoms with Gasteiger partial charge in [0.1, 0.15) is 0 Å². The van der Waals surface area contributed by atoms with Crippen LogP contribution in [0.3, 0.4) is 0 Å². The summed E-state index contributed by atoms with van der Waals surface area (Å²) in [5, 5.41) is 0. The fourth-order valence-corrected chi connectivity index (χ4v) is 0.718. The van der Waals surface area contributed by atoms with Crippen LogP contribution >= 0.6 is 0 Å². The topological polar surface area (TPSA) is 0 Å². The van der Waals surface area contributed by atoms with Crippen molar-refractivity contribution >= 4 is 0 Å². The van der Waals surface area contributed by atoms with E-state index >= 15 is 0 Å². The first-order valence-electron chi connectivity index (χ1n) is 2.49. The summed E-state index contributed by atoms with van der Waals surface area (Å²) in [7, 11) is 0. The Bertz CT molecular complexity index is 137. The van der Waals surface area contributed by atoms with Crippen LogP contribution in [-0.4, -0.2) is 0 Å². The quantitative estimate of drug-likeness (QED) is 0.430. The molecule has 0 atom stereocenters. The molecule has 0 N–H and O–H groups in total. The smallest absolute Gasteiger partial charge is 0.358 e. The van der Waals surface area contributed by atoms with Gasteiger partial charge >= 0.3 is 21.7 Å². The fourth-order valence-electron chi connectivity index (χ4n) is 0.718. The van der Waals surface area contributed by atoms with Gasteiger partial charge in [0, 0.05) is 0 Å². The number of rotatable bonds is 0. The second-order valence-electron chi connectivity index (χ2n) is 1.97. The largest absolute Gasteiger partial charge is 4.00 e. The van der Waals surface area contributed by atoms with Crippen molar-refractivity contribution in [2.75, 3.05) is 0 Å². The summed E-state index contributed by atoms with van der Waals surface area (Å²) in [6, 6.07) is 6.41. The normalized spacial score (nSPS) is 6.00. The third kappa shape index (κ3) is 7.97. The van der Waals surface area contributed by atoms with E-state index in [1.165, 1.54) is 11.1 Å². The molecule has 0 aromatic heterocycles. The molecule has 0 saturated heterocycles. The van der Waals surface area contributed by atoms with Crippen LogP contribution in [0.5, 0.6) is 0 Å². The molecule has 0 saturated carbocycles. The third-order valence-electron chi connectivity index (χ3n) is 1.06. The van der Waals surface area contributed by atoms with E-state index in [-0.39, 0.29) is 44.0 Å². The predicted octanol–water partition coefficient (Wildman–Crippen LogP) is 3.37. The first-order valence-corrected chi connectivity index (χ1v) is 2.49. The van der Waals surface area contributed by atoms with E-state index in [9.17, 15) is 0 Å². The van der Waals surface area contributed by atoms with Gasteiger partial charge in [-0.2, -0.15) is 17.7 Å². The molecule has 0 aliphatic rings.